The van der Waals surface area contributed by atoms with Gasteiger partial charge in [0.1, 0.15) is 0 Å². The van der Waals surface area contributed by atoms with Crippen LogP contribution in [0.15, 0.2) is 28.7 Å². The van der Waals surface area contributed by atoms with E-state index >= 15 is 0 Å². The van der Waals surface area contributed by atoms with Crippen molar-refractivity contribution in [2.75, 3.05) is 13.1 Å². The Balaban J connectivity index is 2.26. The summed E-state index contributed by atoms with van der Waals surface area (Å²) in [6.45, 7) is 6.86. The molecule has 0 amide bonds. The second-order valence-corrected chi connectivity index (χ2v) is 5.91. The zero-order valence-corrected chi connectivity index (χ0v) is 11.0. The summed E-state index contributed by atoms with van der Waals surface area (Å²) in [5, 5.41) is 3.41. The molecule has 0 aromatic heterocycles. The summed E-state index contributed by atoms with van der Waals surface area (Å²) in [6, 6.07) is 8.76. The molecule has 2 heteroatoms. The van der Waals surface area contributed by atoms with Crippen LogP contribution in [-0.4, -0.2) is 13.1 Å². The van der Waals surface area contributed by atoms with Gasteiger partial charge in [0.2, 0.25) is 0 Å². The van der Waals surface area contributed by atoms with E-state index in [2.05, 4.69) is 59.4 Å². The molecular formula is C13H18BrN. The maximum Gasteiger partial charge on any atom is 0.0205 e. The molecule has 0 unspecified atom stereocenters. The fourth-order valence-corrected chi connectivity index (χ4v) is 2.89. The van der Waals surface area contributed by atoms with Crippen LogP contribution >= 0.6 is 15.9 Å². The Morgan fingerprint density at radius 3 is 2.60 bits per heavy atom. The Hall–Kier alpha value is -0.340. The summed E-state index contributed by atoms with van der Waals surface area (Å²) in [5.74, 6) is 0.756. The van der Waals surface area contributed by atoms with Gasteiger partial charge < -0.3 is 5.32 Å². The smallest absolute Gasteiger partial charge is 0.0205 e. The average molecular weight is 268 g/mol. The third-order valence-corrected chi connectivity index (χ3v) is 3.66. The molecule has 1 N–H and O–H groups in total. The molecule has 1 aliphatic rings. The van der Waals surface area contributed by atoms with Crippen molar-refractivity contribution in [3.63, 3.8) is 0 Å². The first kappa shape index (κ1) is 11.2. The maximum absolute atomic E-state index is 3.55. The first-order valence-electron chi connectivity index (χ1n) is 5.59. The molecule has 15 heavy (non-hydrogen) atoms. The van der Waals surface area contributed by atoms with E-state index in [1.54, 1.807) is 0 Å². The zero-order valence-electron chi connectivity index (χ0n) is 9.39. The van der Waals surface area contributed by atoms with E-state index in [1.165, 1.54) is 16.5 Å². The van der Waals surface area contributed by atoms with Crippen molar-refractivity contribution in [1.82, 2.24) is 5.32 Å². The SMILES string of the molecule is CC(C)CC1(c2cccc(Br)c2)CNC1. The third-order valence-electron chi connectivity index (χ3n) is 3.16. The third kappa shape index (κ3) is 2.26. The lowest BCUT2D eigenvalue weighted by atomic mass is 9.70. The van der Waals surface area contributed by atoms with Crippen molar-refractivity contribution in [3.05, 3.63) is 34.3 Å². The Kier molecular flexibility index (Phi) is 3.17. The summed E-state index contributed by atoms with van der Waals surface area (Å²) in [7, 11) is 0. The molecule has 1 nitrogen and oxygen atoms in total. The lowest BCUT2D eigenvalue weighted by Gasteiger charge is -2.44. The second kappa shape index (κ2) is 4.26. The number of halogens is 1. The molecular weight excluding hydrogens is 250 g/mol. The van der Waals surface area contributed by atoms with Crippen LogP contribution in [0.1, 0.15) is 25.8 Å². The van der Waals surface area contributed by atoms with Crippen LogP contribution in [0.5, 0.6) is 0 Å². The minimum atomic E-state index is 0.387. The highest BCUT2D eigenvalue weighted by atomic mass is 79.9. The van der Waals surface area contributed by atoms with Gasteiger partial charge in [0.05, 0.1) is 0 Å². The van der Waals surface area contributed by atoms with Crippen LogP contribution in [0, 0.1) is 5.92 Å². The molecule has 82 valence electrons. The van der Waals surface area contributed by atoms with Crippen molar-refractivity contribution in [2.24, 2.45) is 5.92 Å². The Labute approximate surface area is 100 Å². The highest BCUT2D eigenvalue weighted by molar-refractivity contribution is 9.10. The van der Waals surface area contributed by atoms with Crippen molar-refractivity contribution >= 4 is 15.9 Å². The highest BCUT2D eigenvalue weighted by Gasteiger charge is 2.38. The van der Waals surface area contributed by atoms with Crippen LogP contribution in [-0.2, 0) is 5.41 Å². The molecule has 0 radical (unpaired) electrons. The van der Waals surface area contributed by atoms with Crippen LogP contribution in [0.2, 0.25) is 0 Å². The van der Waals surface area contributed by atoms with Crippen molar-refractivity contribution in [2.45, 2.75) is 25.7 Å². The van der Waals surface area contributed by atoms with Crippen LogP contribution in [0.3, 0.4) is 0 Å². The van der Waals surface area contributed by atoms with E-state index in [9.17, 15) is 0 Å². The van der Waals surface area contributed by atoms with E-state index in [1.807, 2.05) is 0 Å². The Bertz CT molecular complexity index is 342. The predicted molar refractivity (Wildman–Crippen MR) is 68.1 cm³/mol. The van der Waals surface area contributed by atoms with Crippen LogP contribution < -0.4 is 5.32 Å². The molecule has 1 aromatic carbocycles. The first-order chi connectivity index (χ1) is 7.12. The second-order valence-electron chi connectivity index (χ2n) is 4.99. The van der Waals surface area contributed by atoms with Crippen molar-refractivity contribution < 1.29 is 0 Å². The molecule has 0 saturated carbocycles. The molecule has 0 atom stereocenters. The van der Waals surface area contributed by atoms with Gasteiger partial charge >= 0.3 is 0 Å². The zero-order chi connectivity index (χ0) is 10.9. The molecule has 0 aliphatic carbocycles. The maximum atomic E-state index is 3.55. The monoisotopic (exact) mass is 267 g/mol. The largest absolute Gasteiger partial charge is 0.315 e. The normalized spacial score (nSPS) is 18.9. The quantitative estimate of drug-likeness (QED) is 0.886. The van der Waals surface area contributed by atoms with Gasteiger partial charge in [-0.3, -0.25) is 0 Å². The molecule has 0 spiro atoms. The molecule has 1 aliphatic heterocycles. The topological polar surface area (TPSA) is 12.0 Å². The summed E-state index contributed by atoms with van der Waals surface area (Å²) >= 11 is 3.55. The Morgan fingerprint density at radius 2 is 2.13 bits per heavy atom. The van der Waals surface area contributed by atoms with Crippen molar-refractivity contribution in [1.29, 1.82) is 0 Å². The minimum Gasteiger partial charge on any atom is -0.315 e. The predicted octanol–water partition coefficient (Wildman–Crippen LogP) is 3.34. The summed E-state index contributed by atoms with van der Waals surface area (Å²) in [5.41, 5.74) is 1.86. The van der Waals surface area contributed by atoms with E-state index in [0.29, 0.717) is 5.41 Å². The molecule has 1 aromatic rings. The summed E-state index contributed by atoms with van der Waals surface area (Å²) in [4.78, 5) is 0. The van der Waals surface area contributed by atoms with Crippen LogP contribution in [0.25, 0.3) is 0 Å². The highest BCUT2D eigenvalue weighted by Crippen LogP contribution is 2.35. The van der Waals surface area contributed by atoms with Gasteiger partial charge in [-0.2, -0.15) is 0 Å². The first-order valence-corrected chi connectivity index (χ1v) is 6.38. The number of nitrogens with one attached hydrogen (secondary N) is 1. The number of rotatable bonds is 3. The van der Waals surface area contributed by atoms with Gasteiger partial charge in [-0.1, -0.05) is 41.9 Å². The van der Waals surface area contributed by atoms with Gasteiger partial charge in [-0.05, 0) is 30.0 Å². The fourth-order valence-electron chi connectivity index (χ4n) is 2.49. The van der Waals surface area contributed by atoms with E-state index in [-0.39, 0.29) is 0 Å². The molecule has 1 saturated heterocycles. The lowest BCUT2D eigenvalue weighted by Crippen LogP contribution is -2.57. The van der Waals surface area contributed by atoms with Gasteiger partial charge in [-0.15, -0.1) is 0 Å². The Morgan fingerprint density at radius 1 is 1.40 bits per heavy atom. The molecule has 0 bridgehead atoms. The van der Waals surface area contributed by atoms with Gasteiger partial charge in [0.25, 0.3) is 0 Å². The summed E-state index contributed by atoms with van der Waals surface area (Å²) < 4.78 is 1.19. The van der Waals surface area contributed by atoms with Crippen LogP contribution in [0.4, 0.5) is 0 Å². The van der Waals surface area contributed by atoms with Gasteiger partial charge in [-0.25, -0.2) is 0 Å². The fraction of sp³-hybridized carbons (Fsp3) is 0.538. The standard InChI is InChI=1S/C13H18BrN/c1-10(2)7-13(8-15-9-13)11-4-3-5-12(14)6-11/h3-6,10,15H,7-9H2,1-2H3. The number of benzene rings is 1. The van der Waals surface area contributed by atoms with E-state index in [4.69, 9.17) is 0 Å². The summed E-state index contributed by atoms with van der Waals surface area (Å²) in [6.07, 6.45) is 1.27. The minimum absolute atomic E-state index is 0.387. The van der Waals surface area contributed by atoms with Crippen molar-refractivity contribution in [3.8, 4) is 0 Å². The van der Waals surface area contributed by atoms with Gasteiger partial charge in [0.15, 0.2) is 0 Å². The van der Waals surface area contributed by atoms with E-state index < -0.39 is 0 Å². The van der Waals surface area contributed by atoms with E-state index in [0.717, 1.165) is 19.0 Å². The number of hydrogen-bond acceptors (Lipinski definition) is 1. The number of hydrogen-bond donors (Lipinski definition) is 1. The molecule has 2 rings (SSSR count). The molecule has 1 fully saturated rings. The van der Waals surface area contributed by atoms with Gasteiger partial charge in [0, 0.05) is 23.0 Å². The average Bonchev–Trinajstić information content (AvgIpc) is 2.11. The lowest BCUT2D eigenvalue weighted by molar-refractivity contribution is 0.229. The molecule has 1 heterocycles.